The van der Waals surface area contributed by atoms with Gasteiger partial charge in [0.2, 0.25) is 15.9 Å². The molecule has 10 heteroatoms. The Balaban J connectivity index is 1.69. The van der Waals surface area contributed by atoms with Gasteiger partial charge >= 0.3 is 0 Å². The summed E-state index contributed by atoms with van der Waals surface area (Å²) in [5.74, 6) is 1.93. The number of hydrogen-bond donors (Lipinski definition) is 1. The van der Waals surface area contributed by atoms with Gasteiger partial charge in [0.1, 0.15) is 0 Å². The highest BCUT2D eigenvalue weighted by Crippen LogP contribution is 2.30. The lowest BCUT2D eigenvalue weighted by Gasteiger charge is -2.34. The van der Waals surface area contributed by atoms with Crippen LogP contribution in [-0.2, 0) is 21.9 Å². The second-order valence-corrected chi connectivity index (χ2v) is 11.6. The monoisotopic (exact) mass is 493 g/mol. The van der Waals surface area contributed by atoms with Crippen LogP contribution in [0.5, 0.6) is 0 Å². The molecule has 1 saturated carbocycles. The molecule has 1 aromatic heterocycles. The molecule has 2 aromatic rings. The minimum Gasteiger partial charge on any atom is -0.352 e. The summed E-state index contributed by atoms with van der Waals surface area (Å²) in [6.45, 7) is 8.93. The number of nitrogens with zero attached hydrogens (tertiary/aromatic N) is 4. The largest absolute Gasteiger partial charge is 0.352 e. The molecule has 182 valence electrons. The molecular weight excluding hydrogens is 458 g/mol. The zero-order chi connectivity index (χ0) is 24.2. The van der Waals surface area contributed by atoms with Crippen LogP contribution in [0.15, 0.2) is 34.3 Å². The minimum atomic E-state index is -3.56. The van der Waals surface area contributed by atoms with Gasteiger partial charge in [-0.25, -0.2) is 8.42 Å². The first-order valence-electron chi connectivity index (χ1n) is 11.6. The van der Waals surface area contributed by atoms with E-state index in [9.17, 15) is 13.2 Å². The predicted octanol–water partition coefficient (Wildman–Crippen LogP) is 3.55. The lowest BCUT2D eigenvalue weighted by Crippen LogP contribution is -2.44. The van der Waals surface area contributed by atoms with Crippen molar-refractivity contribution in [2.24, 2.45) is 18.9 Å². The average Bonchev–Trinajstić information content (AvgIpc) is 3.16. The van der Waals surface area contributed by atoms with Crippen molar-refractivity contribution in [2.75, 3.05) is 18.8 Å². The van der Waals surface area contributed by atoms with Crippen molar-refractivity contribution in [1.29, 1.82) is 0 Å². The molecule has 1 aliphatic carbocycles. The molecule has 1 aliphatic rings. The van der Waals surface area contributed by atoms with E-state index in [2.05, 4.69) is 29.4 Å². The summed E-state index contributed by atoms with van der Waals surface area (Å²) in [5.41, 5.74) is 0.666. The van der Waals surface area contributed by atoms with Crippen LogP contribution in [0.3, 0.4) is 0 Å². The summed E-state index contributed by atoms with van der Waals surface area (Å²) in [5, 5.41) is 12.3. The summed E-state index contributed by atoms with van der Waals surface area (Å²) in [6, 6.07) is 6.99. The number of hydrogen-bond acceptors (Lipinski definition) is 6. The smallest absolute Gasteiger partial charge is 0.243 e. The van der Waals surface area contributed by atoms with Gasteiger partial charge in [-0.15, -0.1) is 10.2 Å². The standard InChI is InChI=1S/C23H35N5O3S2/c1-6-28(7-2)33(30,31)19-12-9-11-18(14-19)22-25-26-23(27(22)5)32-15-21(29)24-20-13-8-10-16(3)17(20)4/h9,11-12,14,16-17,20H,6-8,10,13,15H2,1-5H3,(H,24,29)/t16-,17-,20+/m0/s1. The maximum atomic E-state index is 12.9. The van der Waals surface area contributed by atoms with Gasteiger partial charge in [0.05, 0.1) is 10.6 Å². The maximum Gasteiger partial charge on any atom is 0.243 e. The third kappa shape index (κ3) is 5.78. The first-order chi connectivity index (χ1) is 15.7. The molecule has 0 radical (unpaired) electrons. The quantitative estimate of drug-likeness (QED) is 0.537. The molecule has 1 amide bonds. The summed E-state index contributed by atoms with van der Waals surface area (Å²) in [6.07, 6.45) is 3.41. The molecule has 1 aromatic carbocycles. The Bertz CT molecular complexity index is 1070. The van der Waals surface area contributed by atoms with E-state index >= 15 is 0 Å². The van der Waals surface area contributed by atoms with Gasteiger partial charge < -0.3 is 9.88 Å². The van der Waals surface area contributed by atoms with Crippen molar-refractivity contribution in [3.05, 3.63) is 24.3 Å². The Labute approximate surface area is 201 Å². The van der Waals surface area contributed by atoms with Gasteiger partial charge in [-0.3, -0.25) is 4.79 Å². The fourth-order valence-electron chi connectivity index (χ4n) is 4.36. The normalized spacial score (nSPS) is 21.3. The number of rotatable bonds is 9. The molecule has 0 spiro atoms. The number of thioether (sulfide) groups is 1. The van der Waals surface area contributed by atoms with Gasteiger partial charge in [-0.1, -0.05) is 64.4 Å². The summed E-state index contributed by atoms with van der Waals surface area (Å²) in [4.78, 5) is 12.8. The predicted molar refractivity (Wildman–Crippen MR) is 131 cm³/mol. The summed E-state index contributed by atoms with van der Waals surface area (Å²) in [7, 11) is -1.74. The van der Waals surface area contributed by atoms with E-state index < -0.39 is 10.0 Å². The van der Waals surface area contributed by atoms with Crippen LogP contribution in [-0.4, -0.2) is 58.3 Å². The molecule has 3 atom stereocenters. The van der Waals surface area contributed by atoms with E-state index in [1.165, 1.54) is 22.5 Å². The number of nitrogens with one attached hydrogen (secondary N) is 1. The van der Waals surface area contributed by atoms with Crippen molar-refractivity contribution in [1.82, 2.24) is 24.4 Å². The highest BCUT2D eigenvalue weighted by atomic mass is 32.2. The molecule has 8 nitrogen and oxygen atoms in total. The topological polar surface area (TPSA) is 97.2 Å². The minimum absolute atomic E-state index is 0.00260. The molecule has 0 aliphatic heterocycles. The highest BCUT2D eigenvalue weighted by Gasteiger charge is 2.28. The maximum absolute atomic E-state index is 12.9. The Morgan fingerprint density at radius 2 is 1.94 bits per heavy atom. The number of carbonyl (C=O) groups excluding carboxylic acids is 1. The van der Waals surface area contributed by atoms with Crippen LogP contribution in [0, 0.1) is 11.8 Å². The Kier molecular flexibility index (Phi) is 8.58. The summed E-state index contributed by atoms with van der Waals surface area (Å²) < 4.78 is 29.0. The molecule has 0 bridgehead atoms. The van der Waals surface area contributed by atoms with Crippen molar-refractivity contribution in [3.8, 4) is 11.4 Å². The summed E-state index contributed by atoms with van der Waals surface area (Å²) >= 11 is 1.33. The number of sulfonamides is 1. The van der Waals surface area contributed by atoms with E-state index in [4.69, 9.17) is 0 Å². The molecule has 3 rings (SSSR count). The van der Waals surface area contributed by atoms with Crippen LogP contribution in [0.4, 0.5) is 0 Å². The van der Waals surface area contributed by atoms with Gasteiger partial charge in [0.15, 0.2) is 11.0 Å². The van der Waals surface area contributed by atoms with E-state index in [1.807, 2.05) is 27.0 Å². The van der Waals surface area contributed by atoms with Gasteiger partial charge in [-0.2, -0.15) is 4.31 Å². The lowest BCUT2D eigenvalue weighted by molar-refractivity contribution is -0.120. The second kappa shape index (κ2) is 11.0. The van der Waals surface area contributed by atoms with Crippen LogP contribution < -0.4 is 5.32 Å². The fourth-order valence-corrected chi connectivity index (χ4v) is 6.59. The second-order valence-electron chi connectivity index (χ2n) is 8.71. The SMILES string of the molecule is CCN(CC)S(=O)(=O)c1cccc(-c2nnc(SCC(=O)N[C@@H]3CCC[C@H](C)[C@@H]3C)n2C)c1. The zero-order valence-corrected chi connectivity index (χ0v) is 21.7. The molecule has 1 N–H and O–H groups in total. The fraction of sp³-hybridized carbons (Fsp3) is 0.609. The average molecular weight is 494 g/mol. The van der Waals surface area contributed by atoms with Crippen LogP contribution in [0.1, 0.15) is 47.0 Å². The lowest BCUT2D eigenvalue weighted by atomic mass is 9.78. The van der Waals surface area contributed by atoms with Crippen LogP contribution in [0.2, 0.25) is 0 Å². The first-order valence-corrected chi connectivity index (χ1v) is 14.0. The van der Waals surface area contributed by atoms with E-state index in [0.29, 0.717) is 41.5 Å². The molecule has 0 saturated heterocycles. The third-order valence-electron chi connectivity index (χ3n) is 6.66. The third-order valence-corrected chi connectivity index (χ3v) is 9.72. The molecule has 1 fully saturated rings. The van der Waals surface area contributed by atoms with Gasteiger partial charge in [0, 0.05) is 31.7 Å². The van der Waals surface area contributed by atoms with Crippen molar-refractivity contribution < 1.29 is 13.2 Å². The molecular formula is C23H35N5O3S2. The van der Waals surface area contributed by atoms with Crippen molar-refractivity contribution in [2.45, 2.75) is 63.1 Å². The van der Waals surface area contributed by atoms with Crippen LogP contribution in [0.25, 0.3) is 11.4 Å². The molecule has 33 heavy (non-hydrogen) atoms. The Morgan fingerprint density at radius 1 is 1.21 bits per heavy atom. The number of carbonyl (C=O) groups is 1. The number of aromatic nitrogens is 3. The first kappa shape index (κ1) is 25.7. The van der Waals surface area contributed by atoms with E-state index in [-0.39, 0.29) is 22.6 Å². The molecule has 1 heterocycles. The van der Waals surface area contributed by atoms with Crippen LogP contribution >= 0.6 is 11.8 Å². The van der Waals surface area contributed by atoms with Crippen molar-refractivity contribution in [3.63, 3.8) is 0 Å². The molecule has 0 unspecified atom stereocenters. The Hall–Kier alpha value is -1.91. The van der Waals surface area contributed by atoms with E-state index in [1.54, 1.807) is 22.8 Å². The highest BCUT2D eigenvalue weighted by molar-refractivity contribution is 7.99. The van der Waals surface area contributed by atoms with E-state index in [0.717, 1.165) is 12.8 Å². The Morgan fingerprint density at radius 3 is 2.64 bits per heavy atom. The van der Waals surface area contributed by atoms with Gasteiger partial charge in [0.25, 0.3) is 0 Å². The van der Waals surface area contributed by atoms with Gasteiger partial charge in [-0.05, 0) is 30.4 Å². The zero-order valence-electron chi connectivity index (χ0n) is 20.1. The number of benzene rings is 1. The van der Waals surface area contributed by atoms with Crippen molar-refractivity contribution >= 4 is 27.7 Å². The number of amides is 1.